The summed E-state index contributed by atoms with van der Waals surface area (Å²) in [5.74, 6) is -0.190. The quantitative estimate of drug-likeness (QED) is 0.472. The van der Waals surface area contributed by atoms with Crippen LogP contribution in [0.1, 0.15) is 21.6 Å². The van der Waals surface area contributed by atoms with Crippen LogP contribution in [0.15, 0.2) is 66.9 Å². The minimum absolute atomic E-state index is 0.0387. The number of aromatic amines is 1. The molecule has 0 atom stereocenters. The number of halogens is 3. The van der Waals surface area contributed by atoms with Crippen LogP contribution in [0.4, 0.5) is 29.3 Å². The highest BCUT2D eigenvalue weighted by Gasteiger charge is 2.30. The number of nitrogens with one attached hydrogen (secondary N) is 4. The molecule has 0 radical (unpaired) electrons. The van der Waals surface area contributed by atoms with Crippen molar-refractivity contribution in [3.63, 3.8) is 0 Å². The van der Waals surface area contributed by atoms with E-state index in [2.05, 4.69) is 20.9 Å². The van der Waals surface area contributed by atoms with Crippen LogP contribution in [-0.4, -0.2) is 23.5 Å². The van der Waals surface area contributed by atoms with Crippen molar-refractivity contribution >= 4 is 23.3 Å². The second-order valence-corrected chi connectivity index (χ2v) is 6.44. The van der Waals surface area contributed by atoms with Gasteiger partial charge in [-0.1, -0.05) is 18.2 Å². The van der Waals surface area contributed by atoms with E-state index in [1.807, 2.05) is 0 Å². The number of urea groups is 1. The largest absolute Gasteiger partial charge is 0.416 e. The molecule has 3 amide bonds. The smallest absolute Gasteiger partial charge is 0.357 e. The van der Waals surface area contributed by atoms with Gasteiger partial charge in [0.1, 0.15) is 5.69 Å². The summed E-state index contributed by atoms with van der Waals surface area (Å²) in [6.07, 6.45) is -2.21. The lowest BCUT2D eigenvalue weighted by Gasteiger charge is -2.11. The number of rotatable bonds is 6. The fraction of sp³-hybridized carbons (Fsp3) is 0.143. The maximum Gasteiger partial charge on any atom is 0.416 e. The van der Waals surface area contributed by atoms with Gasteiger partial charge in [0.2, 0.25) is 0 Å². The molecule has 0 aliphatic heterocycles. The van der Waals surface area contributed by atoms with Crippen LogP contribution in [0.2, 0.25) is 0 Å². The van der Waals surface area contributed by atoms with Crippen molar-refractivity contribution in [3.8, 4) is 0 Å². The first-order valence-electron chi connectivity index (χ1n) is 9.07. The van der Waals surface area contributed by atoms with Gasteiger partial charge in [-0.3, -0.25) is 4.79 Å². The number of amides is 3. The zero-order chi connectivity index (χ0) is 21.6. The Morgan fingerprint density at radius 1 is 0.900 bits per heavy atom. The van der Waals surface area contributed by atoms with Gasteiger partial charge in [0.25, 0.3) is 5.91 Å². The molecule has 0 aliphatic rings. The minimum atomic E-state index is -4.48. The number of hydrogen-bond acceptors (Lipinski definition) is 2. The second kappa shape index (κ2) is 9.17. The van der Waals surface area contributed by atoms with Crippen LogP contribution in [0, 0.1) is 0 Å². The third-order valence-electron chi connectivity index (χ3n) is 4.20. The summed E-state index contributed by atoms with van der Waals surface area (Å²) < 4.78 is 38.2. The Morgan fingerprint density at radius 3 is 2.30 bits per heavy atom. The molecular formula is C21H19F3N4O2. The number of H-pyrrole nitrogens is 1. The molecule has 3 rings (SSSR count). The molecule has 0 spiro atoms. The molecule has 1 heterocycles. The summed E-state index contributed by atoms with van der Waals surface area (Å²) in [6, 6.07) is 14.1. The van der Waals surface area contributed by atoms with Crippen LogP contribution < -0.4 is 16.0 Å². The molecule has 0 fully saturated rings. The molecule has 1 aromatic heterocycles. The van der Waals surface area contributed by atoms with Crippen LogP contribution in [-0.2, 0) is 12.6 Å². The van der Waals surface area contributed by atoms with Crippen LogP contribution >= 0.6 is 0 Å². The number of carbonyl (C=O) groups excluding carboxylic acids is 2. The maximum atomic E-state index is 12.7. The van der Waals surface area contributed by atoms with E-state index in [1.54, 1.807) is 42.6 Å². The summed E-state index contributed by atoms with van der Waals surface area (Å²) in [5.41, 5.74) is 1.12. The van der Waals surface area contributed by atoms with Gasteiger partial charge in [-0.15, -0.1) is 0 Å². The molecule has 0 unspecified atom stereocenters. The third kappa shape index (κ3) is 5.87. The highest BCUT2D eigenvalue weighted by molar-refractivity contribution is 5.99. The van der Waals surface area contributed by atoms with E-state index in [9.17, 15) is 22.8 Å². The molecule has 3 aromatic rings. The molecule has 30 heavy (non-hydrogen) atoms. The summed E-state index contributed by atoms with van der Waals surface area (Å²) in [6.45, 7) is 0.445. The summed E-state index contributed by atoms with van der Waals surface area (Å²) in [4.78, 5) is 26.7. The highest BCUT2D eigenvalue weighted by atomic mass is 19.4. The van der Waals surface area contributed by atoms with Crippen LogP contribution in [0.25, 0.3) is 0 Å². The van der Waals surface area contributed by atoms with E-state index in [-0.39, 0.29) is 11.6 Å². The minimum Gasteiger partial charge on any atom is -0.357 e. The monoisotopic (exact) mass is 416 g/mol. The molecular weight excluding hydrogens is 397 g/mol. The summed E-state index contributed by atoms with van der Waals surface area (Å²) in [7, 11) is 0. The van der Waals surface area contributed by atoms with Crippen molar-refractivity contribution in [2.24, 2.45) is 0 Å². The van der Waals surface area contributed by atoms with Crippen molar-refractivity contribution < 1.29 is 22.8 Å². The lowest BCUT2D eigenvalue weighted by atomic mass is 10.1. The van der Waals surface area contributed by atoms with Crippen molar-refractivity contribution in [1.82, 2.24) is 10.3 Å². The molecule has 4 N–H and O–H groups in total. The second-order valence-electron chi connectivity index (χ2n) is 6.44. The fourth-order valence-electron chi connectivity index (χ4n) is 2.71. The number of aromatic nitrogens is 1. The van der Waals surface area contributed by atoms with Gasteiger partial charge in [-0.2, -0.15) is 13.2 Å². The standard InChI is InChI=1S/C21H19F3N4O2/c22-21(23,24)15-3-1-4-17(13-15)28-20(30)27-16-8-6-14(7-9-16)10-12-26-19(29)18-5-2-11-25-18/h1-9,11,13,25H,10,12H2,(H,26,29)(H2,27,28,30). The van der Waals surface area contributed by atoms with E-state index < -0.39 is 17.8 Å². The first-order valence-corrected chi connectivity index (χ1v) is 9.07. The first-order chi connectivity index (χ1) is 14.3. The Morgan fingerprint density at radius 2 is 1.63 bits per heavy atom. The van der Waals surface area contributed by atoms with Gasteiger partial charge in [-0.05, 0) is 54.4 Å². The molecule has 0 saturated carbocycles. The van der Waals surface area contributed by atoms with E-state index in [4.69, 9.17) is 0 Å². The molecule has 156 valence electrons. The van der Waals surface area contributed by atoms with Crippen LogP contribution in [0.3, 0.4) is 0 Å². The van der Waals surface area contributed by atoms with Gasteiger partial charge >= 0.3 is 12.2 Å². The third-order valence-corrected chi connectivity index (χ3v) is 4.20. The zero-order valence-corrected chi connectivity index (χ0v) is 15.7. The van der Waals surface area contributed by atoms with Gasteiger partial charge < -0.3 is 20.9 Å². The Hall–Kier alpha value is -3.75. The Bertz CT molecular complexity index is 1000. The van der Waals surface area contributed by atoms with E-state index >= 15 is 0 Å². The van der Waals surface area contributed by atoms with Gasteiger partial charge in [0, 0.05) is 24.1 Å². The van der Waals surface area contributed by atoms with E-state index in [0.717, 1.165) is 17.7 Å². The molecule has 2 aromatic carbocycles. The van der Waals surface area contributed by atoms with Gasteiger partial charge in [-0.25, -0.2) is 4.79 Å². The maximum absolute atomic E-state index is 12.7. The van der Waals surface area contributed by atoms with E-state index in [0.29, 0.717) is 24.3 Å². The zero-order valence-electron chi connectivity index (χ0n) is 15.7. The van der Waals surface area contributed by atoms with Crippen molar-refractivity contribution in [1.29, 1.82) is 0 Å². The summed E-state index contributed by atoms with van der Waals surface area (Å²) in [5, 5.41) is 7.73. The predicted octanol–water partition coefficient (Wildman–Crippen LogP) is 4.65. The Kier molecular flexibility index (Phi) is 6.41. The van der Waals surface area contributed by atoms with Crippen LogP contribution in [0.5, 0.6) is 0 Å². The average Bonchev–Trinajstić information content (AvgIpc) is 3.24. The SMILES string of the molecule is O=C(Nc1ccc(CCNC(=O)c2ccc[nH]2)cc1)Nc1cccc(C(F)(F)F)c1. The Labute approximate surface area is 170 Å². The first kappa shape index (κ1) is 21.0. The number of carbonyl (C=O) groups is 2. The molecule has 9 heteroatoms. The van der Waals surface area contributed by atoms with Crippen molar-refractivity contribution in [2.45, 2.75) is 12.6 Å². The molecule has 6 nitrogen and oxygen atoms in total. The number of anilines is 2. The lowest BCUT2D eigenvalue weighted by molar-refractivity contribution is -0.137. The van der Waals surface area contributed by atoms with Gasteiger partial charge in [0.05, 0.1) is 5.56 Å². The molecule has 0 aliphatic carbocycles. The molecule has 0 bridgehead atoms. The normalized spacial score (nSPS) is 11.0. The van der Waals surface area contributed by atoms with Crippen molar-refractivity contribution in [3.05, 3.63) is 83.7 Å². The average molecular weight is 416 g/mol. The highest BCUT2D eigenvalue weighted by Crippen LogP contribution is 2.30. The Balaban J connectivity index is 1.48. The molecule has 0 saturated heterocycles. The fourth-order valence-corrected chi connectivity index (χ4v) is 2.71. The number of hydrogen-bond donors (Lipinski definition) is 4. The topological polar surface area (TPSA) is 86.0 Å². The lowest BCUT2D eigenvalue weighted by Crippen LogP contribution is -2.25. The van der Waals surface area contributed by atoms with E-state index in [1.165, 1.54) is 12.1 Å². The predicted molar refractivity (Wildman–Crippen MR) is 107 cm³/mol. The number of alkyl halides is 3. The summed E-state index contributed by atoms with van der Waals surface area (Å²) >= 11 is 0. The van der Waals surface area contributed by atoms with Gasteiger partial charge in [0.15, 0.2) is 0 Å². The number of benzene rings is 2. The van der Waals surface area contributed by atoms with Crippen molar-refractivity contribution in [2.75, 3.05) is 17.2 Å².